The van der Waals surface area contributed by atoms with Gasteiger partial charge in [-0.3, -0.25) is 0 Å². The van der Waals surface area contributed by atoms with Crippen molar-refractivity contribution in [3.05, 3.63) is 17.5 Å². The van der Waals surface area contributed by atoms with Crippen LogP contribution in [0.1, 0.15) is 11.3 Å². The highest BCUT2D eigenvalue weighted by atomic mass is 16.3. The van der Waals surface area contributed by atoms with Crippen LogP contribution in [-0.4, -0.2) is 9.67 Å². The number of nitrogens with zero attached hydrogens (tertiary/aromatic N) is 4. The maximum Gasteiger partial charge on any atom is 0.189 e. The molecule has 1 N–H and O–H groups in total. The summed E-state index contributed by atoms with van der Waals surface area (Å²) < 4.78 is 0.841. The Morgan fingerprint density at radius 2 is 1.92 bits per heavy atom. The summed E-state index contributed by atoms with van der Waals surface area (Å²) in [7, 11) is 0. The van der Waals surface area contributed by atoms with E-state index in [1.807, 2.05) is 0 Å². The molecule has 0 aliphatic carbocycles. The zero-order valence-corrected chi connectivity index (χ0v) is 5.81. The summed E-state index contributed by atoms with van der Waals surface area (Å²) >= 11 is 0. The van der Waals surface area contributed by atoms with E-state index < -0.39 is 0 Å². The minimum absolute atomic E-state index is 0.141. The van der Waals surface area contributed by atoms with Gasteiger partial charge in [0.25, 0.3) is 0 Å². The fraction of sp³-hybridized carbons (Fsp3) is 0. The molecule has 0 aliphatic heterocycles. The smallest absolute Gasteiger partial charge is 0.189 e. The Bertz CT molecular complexity index is 438. The Kier molecular flexibility index (Phi) is 1.69. The highest BCUT2D eigenvalue weighted by Gasteiger charge is 2.13. The lowest BCUT2D eigenvalue weighted by Crippen LogP contribution is -1.90. The molecule has 0 fully saturated rings. The second kappa shape index (κ2) is 2.65. The predicted octanol–water partition coefficient (Wildman–Crippen LogP) is 0.266. The molecule has 1 aromatic rings. The maximum absolute atomic E-state index is 9.03. The van der Waals surface area contributed by atoms with E-state index in [0.29, 0.717) is 0 Å². The molecule has 56 valence electrons. The van der Waals surface area contributed by atoms with Gasteiger partial charge in [0.05, 0.1) is 6.20 Å². The van der Waals surface area contributed by atoms with Crippen molar-refractivity contribution in [3.63, 3.8) is 0 Å². The van der Waals surface area contributed by atoms with Gasteiger partial charge in [0.1, 0.15) is 17.7 Å². The van der Waals surface area contributed by atoms with E-state index in [1.54, 1.807) is 18.3 Å². The van der Waals surface area contributed by atoms with E-state index in [-0.39, 0.29) is 17.0 Å². The lowest BCUT2D eigenvalue weighted by Gasteiger charge is -1.84. The fourth-order valence-electron chi connectivity index (χ4n) is 0.792. The molecular formula is C7H2N4O. The van der Waals surface area contributed by atoms with Crippen LogP contribution in [0.15, 0.2) is 6.20 Å². The summed E-state index contributed by atoms with van der Waals surface area (Å²) in [6.07, 6.45) is 2.65. The predicted molar refractivity (Wildman–Crippen MR) is 36.5 cm³/mol. The van der Waals surface area contributed by atoms with Crippen molar-refractivity contribution < 1.29 is 5.11 Å². The van der Waals surface area contributed by atoms with Gasteiger partial charge in [-0.15, -0.1) is 0 Å². The van der Waals surface area contributed by atoms with Crippen molar-refractivity contribution >= 4 is 0 Å². The van der Waals surface area contributed by atoms with Crippen molar-refractivity contribution in [3.8, 4) is 24.1 Å². The summed E-state index contributed by atoms with van der Waals surface area (Å²) in [5.74, 6) is -0.351. The van der Waals surface area contributed by atoms with Crippen molar-refractivity contribution in [1.82, 2.24) is 4.57 Å². The van der Waals surface area contributed by atoms with E-state index in [9.17, 15) is 0 Å². The molecule has 0 saturated heterocycles. The normalized spacial score (nSPS) is 8.08. The van der Waals surface area contributed by atoms with E-state index >= 15 is 0 Å². The molecule has 1 rings (SSSR count). The summed E-state index contributed by atoms with van der Waals surface area (Å²) in [5, 5.41) is 34.4. The van der Waals surface area contributed by atoms with Gasteiger partial charge in [0.2, 0.25) is 0 Å². The Morgan fingerprint density at radius 1 is 1.25 bits per heavy atom. The zero-order chi connectivity index (χ0) is 9.14. The van der Waals surface area contributed by atoms with Gasteiger partial charge in [-0.05, 0) is 0 Å². The van der Waals surface area contributed by atoms with Crippen LogP contribution < -0.4 is 0 Å². The molecule has 12 heavy (non-hydrogen) atoms. The van der Waals surface area contributed by atoms with Gasteiger partial charge in [-0.1, -0.05) is 0 Å². The Hall–Kier alpha value is -2.45. The van der Waals surface area contributed by atoms with Gasteiger partial charge < -0.3 is 5.11 Å². The van der Waals surface area contributed by atoms with Crippen LogP contribution in [0.25, 0.3) is 0 Å². The van der Waals surface area contributed by atoms with E-state index in [0.717, 1.165) is 10.8 Å². The molecule has 0 saturated carbocycles. The van der Waals surface area contributed by atoms with Crippen LogP contribution in [0.4, 0.5) is 0 Å². The van der Waals surface area contributed by atoms with E-state index in [4.69, 9.17) is 20.9 Å². The number of hydrogen-bond acceptors (Lipinski definition) is 4. The average molecular weight is 158 g/mol. The molecule has 0 aromatic carbocycles. The molecular weight excluding hydrogens is 156 g/mol. The first-order valence-electron chi connectivity index (χ1n) is 2.89. The first-order chi connectivity index (χ1) is 5.74. The van der Waals surface area contributed by atoms with Crippen molar-refractivity contribution in [1.29, 1.82) is 15.8 Å². The van der Waals surface area contributed by atoms with Crippen LogP contribution >= 0.6 is 0 Å². The zero-order valence-electron chi connectivity index (χ0n) is 5.81. The summed E-state index contributed by atoms with van der Waals surface area (Å²) in [5.41, 5.74) is -0.309. The SMILES string of the molecule is N#Cc1c(O)cn(C#N)c1C#N. The minimum Gasteiger partial charge on any atom is -0.505 e. The number of hydrogen-bond donors (Lipinski definition) is 1. The quantitative estimate of drug-likeness (QED) is 0.585. The highest BCUT2D eigenvalue weighted by molar-refractivity contribution is 5.52. The standard InChI is InChI=1S/C7H2N4O/c8-1-5-6(2-9)11(4-10)3-7(5)12/h3,12H. The molecule has 0 aliphatic rings. The molecule has 5 heteroatoms. The van der Waals surface area contributed by atoms with Crippen molar-refractivity contribution in [2.24, 2.45) is 0 Å². The van der Waals surface area contributed by atoms with E-state index in [1.165, 1.54) is 0 Å². The summed E-state index contributed by atoms with van der Waals surface area (Å²) in [4.78, 5) is 0. The second-order valence-electron chi connectivity index (χ2n) is 1.93. The molecule has 5 nitrogen and oxygen atoms in total. The fourth-order valence-corrected chi connectivity index (χ4v) is 0.792. The van der Waals surface area contributed by atoms with Crippen molar-refractivity contribution in [2.45, 2.75) is 0 Å². The Labute approximate surface area is 67.9 Å². The van der Waals surface area contributed by atoms with Gasteiger partial charge in [-0.2, -0.15) is 15.8 Å². The van der Waals surface area contributed by atoms with Gasteiger partial charge in [-0.25, -0.2) is 4.57 Å². The highest BCUT2D eigenvalue weighted by Crippen LogP contribution is 2.20. The molecule has 0 bridgehead atoms. The van der Waals surface area contributed by atoms with Crippen LogP contribution in [0.3, 0.4) is 0 Å². The maximum atomic E-state index is 9.03. The summed E-state index contributed by atoms with van der Waals surface area (Å²) in [6, 6.07) is 3.27. The molecule has 0 spiro atoms. The van der Waals surface area contributed by atoms with Crippen LogP contribution in [0, 0.1) is 34.1 Å². The Balaban J connectivity index is 3.54. The molecule has 0 atom stereocenters. The molecule has 0 unspecified atom stereocenters. The first-order valence-corrected chi connectivity index (χ1v) is 2.89. The first kappa shape index (κ1) is 7.65. The lowest BCUT2D eigenvalue weighted by atomic mass is 10.2. The molecule has 0 radical (unpaired) electrons. The largest absolute Gasteiger partial charge is 0.505 e. The van der Waals surface area contributed by atoms with Crippen LogP contribution in [0.2, 0.25) is 0 Å². The molecule has 1 heterocycles. The molecule has 0 amide bonds. The van der Waals surface area contributed by atoms with E-state index in [2.05, 4.69) is 0 Å². The third kappa shape index (κ3) is 0.847. The van der Waals surface area contributed by atoms with Gasteiger partial charge in [0.15, 0.2) is 17.6 Å². The summed E-state index contributed by atoms with van der Waals surface area (Å²) in [6.45, 7) is 0. The number of aromatic hydroxyl groups is 1. The minimum atomic E-state index is -0.351. The third-order valence-electron chi connectivity index (χ3n) is 1.31. The van der Waals surface area contributed by atoms with Crippen LogP contribution in [-0.2, 0) is 0 Å². The monoisotopic (exact) mass is 158 g/mol. The lowest BCUT2D eigenvalue weighted by molar-refractivity contribution is 0.474. The Morgan fingerprint density at radius 3 is 2.33 bits per heavy atom. The number of aromatic nitrogens is 1. The average Bonchev–Trinajstić information content (AvgIpc) is 2.40. The number of rotatable bonds is 0. The van der Waals surface area contributed by atoms with Gasteiger partial charge >= 0.3 is 0 Å². The molecule has 1 aromatic heterocycles. The van der Waals surface area contributed by atoms with Crippen LogP contribution in [0.5, 0.6) is 5.75 Å². The third-order valence-corrected chi connectivity index (χ3v) is 1.31. The second-order valence-corrected chi connectivity index (χ2v) is 1.93. The number of nitriles is 3. The van der Waals surface area contributed by atoms with Gasteiger partial charge in [0, 0.05) is 0 Å². The van der Waals surface area contributed by atoms with Crippen molar-refractivity contribution in [2.75, 3.05) is 0 Å². The topological polar surface area (TPSA) is 96.5 Å².